The van der Waals surface area contributed by atoms with Crippen LogP contribution in [0.25, 0.3) is 10.2 Å². The van der Waals surface area contributed by atoms with E-state index in [4.69, 9.17) is 0 Å². The lowest BCUT2D eigenvalue weighted by Gasteiger charge is -2.10. The second-order valence-electron chi connectivity index (χ2n) is 5.91. The number of nitriles is 1. The van der Waals surface area contributed by atoms with Gasteiger partial charge >= 0.3 is 0 Å². The fourth-order valence-electron chi connectivity index (χ4n) is 2.94. The first-order chi connectivity index (χ1) is 11.0. The molecular formula is C17H17N3O2S. The Morgan fingerprint density at radius 2 is 2.35 bits per heavy atom. The number of nitrogens with zero attached hydrogens (tertiary/aromatic N) is 2. The van der Waals surface area contributed by atoms with Gasteiger partial charge in [-0.3, -0.25) is 9.59 Å². The number of aromatic nitrogens is 2. The van der Waals surface area contributed by atoms with Crippen molar-refractivity contribution in [1.29, 1.82) is 5.26 Å². The first-order valence-corrected chi connectivity index (χ1v) is 8.41. The fourth-order valence-corrected chi connectivity index (χ4v) is 3.97. The molecule has 5 nitrogen and oxygen atoms in total. The summed E-state index contributed by atoms with van der Waals surface area (Å²) in [5.74, 6) is -0.835. The second kappa shape index (κ2) is 6.09. The number of hydrogen-bond donors (Lipinski definition) is 1. The number of ketones is 1. The molecule has 0 unspecified atom stereocenters. The summed E-state index contributed by atoms with van der Waals surface area (Å²) in [5.41, 5.74) is 0.627. The van der Waals surface area contributed by atoms with Crippen LogP contribution in [-0.4, -0.2) is 15.8 Å². The van der Waals surface area contributed by atoms with E-state index in [1.54, 1.807) is 0 Å². The van der Waals surface area contributed by atoms with E-state index in [2.05, 4.69) is 16.0 Å². The highest BCUT2D eigenvalue weighted by molar-refractivity contribution is 7.18. The molecule has 23 heavy (non-hydrogen) atoms. The van der Waals surface area contributed by atoms with Gasteiger partial charge in [-0.05, 0) is 38.2 Å². The summed E-state index contributed by atoms with van der Waals surface area (Å²) in [6.07, 6.45) is 6.32. The zero-order valence-corrected chi connectivity index (χ0v) is 13.9. The SMILES string of the molecule is Cc1sc2nc([C@H](C#N)C(=O)C[C@@H]3C=CCC3)[nH]c(=O)c2c1C. The monoisotopic (exact) mass is 327 g/mol. The van der Waals surface area contributed by atoms with Gasteiger partial charge < -0.3 is 4.98 Å². The largest absolute Gasteiger partial charge is 0.308 e. The zero-order valence-electron chi connectivity index (χ0n) is 13.0. The molecule has 2 aromatic rings. The summed E-state index contributed by atoms with van der Waals surface area (Å²) in [5, 5.41) is 9.95. The molecule has 0 fully saturated rings. The minimum absolute atomic E-state index is 0.165. The number of H-pyrrole nitrogens is 1. The molecule has 2 aromatic heterocycles. The molecule has 118 valence electrons. The molecule has 2 heterocycles. The van der Waals surface area contributed by atoms with Gasteiger partial charge in [-0.2, -0.15) is 5.26 Å². The van der Waals surface area contributed by atoms with Gasteiger partial charge in [0.05, 0.1) is 11.5 Å². The van der Waals surface area contributed by atoms with Crippen molar-refractivity contribution in [2.75, 3.05) is 0 Å². The second-order valence-corrected chi connectivity index (χ2v) is 7.12. The predicted molar refractivity (Wildman–Crippen MR) is 89.6 cm³/mol. The highest BCUT2D eigenvalue weighted by Crippen LogP contribution is 2.28. The van der Waals surface area contributed by atoms with E-state index < -0.39 is 5.92 Å². The first-order valence-electron chi connectivity index (χ1n) is 7.60. The van der Waals surface area contributed by atoms with E-state index in [1.165, 1.54) is 11.3 Å². The summed E-state index contributed by atoms with van der Waals surface area (Å²) in [6, 6.07) is 2.00. The molecule has 1 aliphatic rings. The number of nitrogens with one attached hydrogen (secondary N) is 1. The average Bonchev–Trinajstić information content (AvgIpc) is 3.09. The minimum atomic E-state index is -1.01. The van der Waals surface area contributed by atoms with Crippen molar-refractivity contribution in [2.24, 2.45) is 5.92 Å². The Bertz CT molecular complexity index is 901. The van der Waals surface area contributed by atoms with Crippen molar-refractivity contribution in [2.45, 2.75) is 39.0 Å². The summed E-state index contributed by atoms with van der Waals surface area (Å²) >= 11 is 1.42. The van der Waals surface area contributed by atoms with Crippen molar-refractivity contribution in [1.82, 2.24) is 9.97 Å². The van der Waals surface area contributed by atoms with Crippen molar-refractivity contribution in [3.8, 4) is 6.07 Å². The molecule has 0 radical (unpaired) electrons. The third kappa shape index (κ3) is 2.84. The maximum Gasteiger partial charge on any atom is 0.259 e. The van der Waals surface area contributed by atoms with E-state index in [9.17, 15) is 14.9 Å². The van der Waals surface area contributed by atoms with E-state index in [0.717, 1.165) is 23.3 Å². The quantitative estimate of drug-likeness (QED) is 0.874. The van der Waals surface area contributed by atoms with E-state index in [1.807, 2.05) is 26.0 Å². The van der Waals surface area contributed by atoms with Gasteiger partial charge in [0.1, 0.15) is 10.7 Å². The number of carbonyl (C=O) groups is 1. The number of Topliss-reactive ketones (excluding diaryl/α,β-unsaturated/α-hetero) is 1. The van der Waals surface area contributed by atoms with Crippen LogP contribution >= 0.6 is 11.3 Å². The normalized spacial score (nSPS) is 18.2. The van der Waals surface area contributed by atoms with Crippen LogP contribution in [0.4, 0.5) is 0 Å². The molecule has 0 aliphatic heterocycles. The molecular weight excluding hydrogens is 310 g/mol. The molecule has 0 amide bonds. The molecule has 1 N–H and O–H groups in total. The Hall–Kier alpha value is -2.26. The molecule has 6 heteroatoms. The Balaban J connectivity index is 1.96. The van der Waals surface area contributed by atoms with Gasteiger partial charge in [0.25, 0.3) is 5.56 Å². The third-order valence-electron chi connectivity index (χ3n) is 4.36. The summed E-state index contributed by atoms with van der Waals surface area (Å²) < 4.78 is 0. The number of thiophene rings is 1. The number of rotatable bonds is 4. The summed E-state index contributed by atoms with van der Waals surface area (Å²) in [7, 11) is 0. The van der Waals surface area contributed by atoms with Gasteiger partial charge in [-0.15, -0.1) is 11.3 Å². The topological polar surface area (TPSA) is 86.6 Å². The van der Waals surface area contributed by atoms with Crippen LogP contribution in [0.1, 0.15) is 41.4 Å². The number of carbonyl (C=O) groups excluding carboxylic acids is 1. The van der Waals surface area contributed by atoms with Gasteiger partial charge in [0.2, 0.25) is 0 Å². The van der Waals surface area contributed by atoms with Crippen LogP contribution in [-0.2, 0) is 4.79 Å². The zero-order chi connectivity index (χ0) is 16.6. The molecule has 2 atom stereocenters. The standard InChI is InChI=1S/C17H17N3O2S/c1-9-10(2)23-17-14(9)16(22)19-15(20-17)12(8-18)13(21)7-11-5-3-4-6-11/h3,5,11-12H,4,6-7H2,1-2H3,(H,19,20,22)/t11-,12-/m1/s1. The van der Waals surface area contributed by atoms with Crippen LogP contribution in [0.3, 0.4) is 0 Å². The lowest BCUT2D eigenvalue weighted by molar-refractivity contribution is -0.120. The van der Waals surface area contributed by atoms with Crippen molar-refractivity contribution < 1.29 is 4.79 Å². The Morgan fingerprint density at radius 1 is 1.57 bits per heavy atom. The highest BCUT2D eigenvalue weighted by Gasteiger charge is 2.26. The summed E-state index contributed by atoms with van der Waals surface area (Å²) in [6.45, 7) is 3.81. The van der Waals surface area contributed by atoms with Gasteiger partial charge in [0.15, 0.2) is 11.7 Å². The lowest BCUT2D eigenvalue weighted by Crippen LogP contribution is -2.20. The Kier molecular flexibility index (Phi) is 4.14. The van der Waals surface area contributed by atoms with E-state index in [-0.39, 0.29) is 23.1 Å². The van der Waals surface area contributed by atoms with Crippen LogP contribution in [0.2, 0.25) is 0 Å². The van der Waals surface area contributed by atoms with Crippen LogP contribution in [0, 0.1) is 31.1 Å². The number of allylic oxidation sites excluding steroid dienone is 2. The maximum atomic E-state index is 12.4. The van der Waals surface area contributed by atoms with Crippen LogP contribution < -0.4 is 5.56 Å². The third-order valence-corrected chi connectivity index (χ3v) is 5.46. The Labute approximate surface area is 137 Å². The molecule has 0 saturated heterocycles. The molecule has 1 aliphatic carbocycles. The van der Waals surface area contributed by atoms with Crippen molar-refractivity contribution in [3.05, 3.63) is 38.8 Å². The van der Waals surface area contributed by atoms with Crippen LogP contribution in [0.15, 0.2) is 16.9 Å². The molecule has 0 aromatic carbocycles. The van der Waals surface area contributed by atoms with Crippen molar-refractivity contribution >= 4 is 27.3 Å². The Morgan fingerprint density at radius 3 is 3.00 bits per heavy atom. The maximum absolute atomic E-state index is 12.4. The number of fused-ring (bicyclic) bond motifs is 1. The molecule has 0 saturated carbocycles. The van der Waals surface area contributed by atoms with Gasteiger partial charge in [-0.1, -0.05) is 12.2 Å². The number of aryl methyl sites for hydroxylation is 2. The number of hydrogen-bond acceptors (Lipinski definition) is 5. The summed E-state index contributed by atoms with van der Waals surface area (Å²) in [4.78, 5) is 33.4. The van der Waals surface area contributed by atoms with E-state index in [0.29, 0.717) is 16.6 Å². The molecule has 0 spiro atoms. The molecule has 3 rings (SSSR count). The first kappa shape index (κ1) is 15.6. The predicted octanol–water partition coefficient (Wildman–Crippen LogP) is 3.13. The average molecular weight is 327 g/mol. The lowest BCUT2D eigenvalue weighted by atomic mass is 9.94. The van der Waals surface area contributed by atoms with Crippen molar-refractivity contribution in [3.63, 3.8) is 0 Å². The number of aromatic amines is 1. The van der Waals surface area contributed by atoms with Gasteiger partial charge in [-0.25, -0.2) is 4.98 Å². The molecule has 0 bridgehead atoms. The van der Waals surface area contributed by atoms with E-state index >= 15 is 0 Å². The highest BCUT2D eigenvalue weighted by atomic mass is 32.1. The smallest absolute Gasteiger partial charge is 0.259 e. The minimum Gasteiger partial charge on any atom is -0.308 e. The van der Waals surface area contributed by atoms with Gasteiger partial charge in [0, 0.05) is 11.3 Å². The van der Waals surface area contributed by atoms with Crippen LogP contribution in [0.5, 0.6) is 0 Å². The fraction of sp³-hybridized carbons (Fsp3) is 0.412.